The third-order valence-corrected chi connectivity index (χ3v) is 3.70. The van der Waals surface area contributed by atoms with Crippen molar-refractivity contribution in [2.24, 2.45) is 11.7 Å². The molecule has 2 N–H and O–H groups in total. The van der Waals surface area contributed by atoms with Crippen LogP contribution in [0.4, 0.5) is 0 Å². The molecule has 1 rings (SSSR count). The summed E-state index contributed by atoms with van der Waals surface area (Å²) in [5.41, 5.74) is 8.21. The number of aromatic nitrogens is 2. The zero-order valence-electron chi connectivity index (χ0n) is 11.3. The van der Waals surface area contributed by atoms with Crippen molar-refractivity contribution >= 4 is 11.6 Å². The predicted molar refractivity (Wildman–Crippen MR) is 73.4 cm³/mol. The molecule has 0 aliphatic carbocycles. The highest BCUT2D eigenvalue weighted by atomic mass is 35.5. The molecular formula is C13H24ClN3. The fourth-order valence-electron chi connectivity index (χ4n) is 1.89. The van der Waals surface area contributed by atoms with Gasteiger partial charge in [0, 0.05) is 12.6 Å². The molecule has 1 atom stereocenters. The highest BCUT2D eigenvalue weighted by Gasteiger charge is 2.16. The number of halogens is 1. The van der Waals surface area contributed by atoms with Crippen LogP contribution >= 0.6 is 11.6 Å². The van der Waals surface area contributed by atoms with Crippen LogP contribution in [0.2, 0.25) is 5.02 Å². The normalized spacial score (nSPS) is 13.4. The monoisotopic (exact) mass is 257 g/mol. The first kappa shape index (κ1) is 14.5. The maximum absolute atomic E-state index is 6.35. The van der Waals surface area contributed by atoms with Crippen LogP contribution in [0, 0.1) is 5.92 Å². The Morgan fingerprint density at radius 1 is 1.35 bits per heavy atom. The molecule has 0 saturated carbocycles. The van der Waals surface area contributed by atoms with Gasteiger partial charge in [0.1, 0.15) is 0 Å². The molecular weight excluding hydrogens is 234 g/mol. The van der Waals surface area contributed by atoms with Gasteiger partial charge in [-0.25, -0.2) is 0 Å². The lowest BCUT2D eigenvalue weighted by atomic mass is 9.99. The molecule has 1 unspecified atom stereocenters. The van der Waals surface area contributed by atoms with E-state index in [-0.39, 0.29) is 6.04 Å². The summed E-state index contributed by atoms with van der Waals surface area (Å²) >= 11 is 6.35. The average Bonchev–Trinajstić information content (AvgIpc) is 2.62. The highest BCUT2D eigenvalue weighted by Crippen LogP contribution is 2.23. The van der Waals surface area contributed by atoms with Gasteiger partial charge in [0.15, 0.2) is 0 Å². The van der Waals surface area contributed by atoms with Crippen molar-refractivity contribution in [3.8, 4) is 0 Å². The smallest absolute Gasteiger partial charge is 0.0849 e. The van der Waals surface area contributed by atoms with E-state index in [2.05, 4.69) is 32.8 Å². The second-order valence-corrected chi connectivity index (χ2v) is 5.20. The summed E-state index contributed by atoms with van der Waals surface area (Å²) in [6.07, 6.45) is 2.76. The fraction of sp³-hybridized carbons (Fsp3) is 0.769. The molecule has 0 saturated heterocycles. The third kappa shape index (κ3) is 3.46. The van der Waals surface area contributed by atoms with Crippen molar-refractivity contribution in [1.82, 2.24) is 9.78 Å². The van der Waals surface area contributed by atoms with Crippen LogP contribution in [-0.2, 0) is 19.4 Å². The largest absolute Gasteiger partial charge is 0.327 e. The lowest BCUT2D eigenvalue weighted by molar-refractivity contribution is 0.456. The fourth-order valence-corrected chi connectivity index (χ4v) is 2.26. The van der Waals surface area contributed by atoms with Crippen LogP contribution in [0.25, 0.3) is 0 Å². The van der Waals surface area contributed by atoms with Gasteiger partial charge in [-0.1, -0.05) is 32.4 Å². The third-order valence-electron chi connectivity index (χ3n) is 3.26. The molecule has 0 aromatic carbocycles. The first-order valence-corrected chi connectivity index (χ1v) is 6.88. The molecule has 1 heterocycles. The van der Waals surface area contributed by atoms with E-state index in [1.165, 1.54) is 0 Å². The van der Waals surface area contributed by atoms with Crippen molar-refractivity contribution in [2.75, 3.05) is 0 Å². The van der Waals surface area contributed by atoms with Gasteiger partial charge in [-0.2, -0.15) is 5.10 Å². The quantitative estimate of drug-likeness (QED) is 0.851. The second kappa shape index (κ2) is 6.41. The predicted octanol–water partition coefficient (Wildman–Crippen LogP) is 3.03. The van der Waals surface area contributed by atoms with Crippen LogP contribution in [0.3, 0.4) is 0 Å². The van der Waals surface area contributed by atoms with E-state index in [9.17, 15) is 0 Å². The molecule has 0 spiro atoms. The highest BCUT2D eigenvalue weighted by molar-refractivity contribution is 6.31. The molecule has 0 radical (unpaired) electrons. The molecule has 1 aromatic heterocycles. The van der Waals surface area contributed by atoms with E-state index in [0.717, 1.165) is 42.2 Å². The minimum atomic E-state index is 0.233. The summed E-state index contributed by atoms with van der Waals surface area (Å²) in [5.74, 6) is 0.511. The lowest BCUT2D eigenvalue weighted by Crippen LogP contribution is -2.27. The molecule has 4 heteroatoms. The van der Waals surface area contributed by atoms with Crippen LogP contribution in [-0.4, -0.2) is 15.8 Å². The SMILES string of the molecule is CCc1nn(CC)c(CCC(N)C(C)C)c1Cl. The Labute approximate surface area is 109 Å². The van der Waals surface area contributed by atoms with Crippen molar-refractivity contribution < 1.29 is 0 Å². The van der Waals surface area contributed by atoms with Crippen molar-refractivity contribution in [3.05, 3.63) is 16.4 Å². The van der Waals surface area contributed by atoms with E-state index in [0.29, 0.717) is 5.92 Å². The summed E-state index contributed by atoms with van der Waals surface area (Å²) in [5, 5.41) is 5.35. The minimum absolute atomic E-state index is 0.233. The Hall–Kier alpha value is -0.540. The Morgan fingerprint density at radius 2 is 2.00 bits per heavy atom. The Balaban J connectivity index is 2.79. The van der Waals surface area contributed by atoms with Gasteiger partial charge in [-0.3, -0.25) is 4.68 Å². The zero-order chi connectivity index (χ0) is 13.0. The van der Waals surface area contributed by atoms with E-state index < -0.39 is 0 Å². The maximum atomic E-state index is 6.35. The molecule has 0 amide bonds. The van der Waals surface area contributed by atoms with Crippen LogP contribution in [0.15, 0.2) is 0 Å². The molecule has 0 fully saturated rings. The number of nitrogens with zero attached hydrogens (tertiary/aromatic N) is 2. The molecule has 98 valence electrons. The van der Waals surface area contributed by atoms with Crippen LogP contribution in [0.5, 0.6) is 0 Å². The summed E-state index contributed by atoms with van der Waals surface area (Å²) in [7, 11) is 0. The van der Waals surface area contributed by atoms with Gasteiger partial charge in [-0.05, 0) is 32.1 Å². The van der Waals surface area contributed by atoms with Gasteiger partial charge < -0.3 is 5.73 Å². The lowest BCUT2D eigenvalue weighted by Gasteiger charge is -2.15. The number of aryl methyl sites for hydroxylation is 2. The Bertz CT molecular complexity index is 358. The van der Waals surface area contributed by atoms with E-state index in [1.54, 1.807) is 0 Å². The van der Waals surface area contributed by atoms with E-state index in [1.807, 2.05) is 4.68 Å². The topological polar surface area (TPSA) is 43.8 Å². The zero-order valence-corrected chi connectivity index (χ0v) is 12.1. The molecule has 0 aliphatic rings. The summed E-state index contributed by atoms with van der Waals surface area (Å²) < 4.78 is 2.01. The first-order valence-electron chi connectivity index (χ1n) is 6.50. The summed E-state index contributed by atoms with van der Waals surface area (Å²) in [4.78, 5) is 0. The van der Waals surface area contributed by atoms with Crippen molar-refractivity contribution in [3.63, 3.8) is 0 Å². The Morgan fingerprint density at radius 3 is 2.47 bits per heavy atom. The molecule has 3 nitrogen and oxygen atoms in total. The summed E-state index contributed by atoms with van der Waals surface area (Å²) in [6.45, 7) is 9.35. The van der Waals surface area contributed by atoms with Crippen LogP contribution in [0.1, 0.15) is 45.5 Å². The van der Waals surface area contributed by atoms with Gasteiger partial charge in [0.2, 0.25) is 0 Å². The van der Waals surface area contributed by atoms with E-state index >= 15 is 0 Å². The molecule has 0 bridgehead atoms. The second-order valence-electron chi connectivity index (χ2n) is 4.82. The summed E-state index contributed by atoms with van der Waals surface area (Å²) in [6, 6.07) is 0.233. The molecule has 0 aliphatic heterocycles. The Kier molecular flexibility index (Phi) is 5.47. The maximum Gasteiger partial charge on any atom is 0.0849 e. The molecule has 17 heavy (non-hydrogen) atoms. The average molecular weight is 258 g/mol. The van der Waals surface area contributed by atoms with Gasteiger partial charge in [0.25, 0.3) is 0 Å². The van der Waals surface area contributed by atoms with Crippen LogP contribution < -0.4 is 5.73 Å². The van der Waals surface area contributed by atoms with Crippen molar-refractivity contribution in [1.29, 1.82) is 0 Å². The number of hydrogen-bond acceptors (Lipinski definition) is 2. The molecule has 1 aromatic rings. The number of nitrogens with two attached hydrogens (primary N) is 1. The first-order chi connectivity index (χ1) is 8.01. The van der Waals surface area contributed by atoms with E-state index in [4.69, 9.17) is 17.3 Å². The van der Waals surface area contributed by atoms with Gasteiger partial charge in [-0.15, -0.1) is 0 Å². The van der Waals surface area contributed by atoms with Crippen molar-refractivity contribution in [2.45, 2.75) is 59.5 Å². The minimum Gasteiger partial charge on any atom is -0.327 e. The van der Waals surface area contributed by atoms with Gasteiger partial charge in [0.05, 0.1) is 16.4 Å². The standard InChI is InChI=1S/C13H24ClN3/c1-5-11-13(14)12(17(6-2)16-11)8-7-10(15)9(3)4/h9-10H,5-8,15H2,1-4H3. The number of hydrogen-bond donors (Lipinski definition) is 1. The number of rotatable bonds is 6. The van der Waals surface area contributed by atoms with Gasteiger partial charge >= 0.3 is 0 Å².